The first-order chi connectivity index (χ1) is 22.6. The molecule has 12 nitrogen and oxygen atoms in total. The minimum absolute atomic E-state index is 0.0349. The molecule has 0 aliphatic carbocycles. The molecule has 2 aromatic rings. The van der Waals surface area contributed by atoms with Gasteiger partial charge in [-0.1, -0.05) is 39.0 Å². The summed E-state index contributed by atoms with van der Waals surface area (Å²) in [4.78, 5) is 39.2. The molecule has 3 aliphatic heterocycles. The molecule has 11 atom stereocenters. The van der Waals surface area contributed by atoms with E-state index in [1.807, 2.05) is 70.1 Å². The van der Waals surface area contributed by atoms with Gasteiger partial charge in [0.05, 0.1) is 35.9 Å². The van der Waals surface area contributed by atoms with Crippen molar-refractivity contribution < 1.29 is 34.0 Å². The molecule has 0 saturated carbocycles. The number of fused-ring (bicyclic) bond motifs is 2. The highest BCUT2D eigenvalue weighted by molar-refractivity contribution is 5.90. The number of benzene rings is 1. The van der Waals surface area contributed by atoms with Crippen LogP contribution in [-0.4, -0.2) is 118 Å². The van der Waals surface area contributed by atoms with Crippen molar-refractivity contribution in [1.29, 1.82) is 0 Å². The van der Waals surface area contributed by atoms with Gasteiger partial charge in [-0.25, -0.2) is 4.99 Å². The number of aliphatic hydroxyl groups is 2. The van der Waals surface area contributed by atoms with E-state index in [1.165, 1.54) is 0 Å². The summed E-state index contributed by atoms with van der Waals surface area (Å²) in [5.74, 6) is -2.45. The molecule has 3 saturated heterocycles. The Bertz CT molecular complexity index is 1480. The monoisotopic (exact) mass is 669 g/mol. The fourth-order valence-corrected chi connectivity index (χ4v) is 7.83. The second-order valence-corrected chi connectivity index (χ2v) is 15.0. The number of hydrogen-bond donors (Lipinski definition) is 4. The second kappa shape index (κ2) is 14.3. The van der Waals surface area contributed by atoms with Gasteiger partial charge in [0.1, 0.15) is 6.04 Å². The summed E-state index contributed by atoms with van der Waals surface area (Å²) in [6.07, 6.45) is -0.518. The van der Waals surface area contributed by atoms with Gasteiger partial charge in [0.15, 0.2) is 12.4 Å². The number of carbonyl (C=O) groups is 2. The van der Waals surface area contributed by atoms with Crippen molar-refractivity contribution in [3.8, 4) is 0 Å². The topological polar surface area (TPSA) is 149 Å². The Hall–Kier alpha value is -3.19. The number of likely N-dealkylation sites (N-methyl/N-ethyl adjacent to an activating group) is 2. The number of nitrogens with one attached hydrogen (secondary N) is 2. The number of rotatable bonds is 5. The highest BCUT2D eigenvalue weighted by atomic mass is 16.7. The molecule has 5 rings (SSSR count). The van der Waals surface area contributed by atoms with Gasteiger partial charge in [-0.3, -0.25) is 9.59 Å². The van der Waals surface area contributed by atoms with Crippen LogP contribution in [-0.2, 0) is 30.2 Å². The van der Waals surface area contributed by atoms with Gasteiger partial charge in [0.2, 0.25) is 11.8 Å². The molecule has 4 N–H and O–H groups in total. The molecule has 3 aliphatic rings. The van der Waals surface area contributed by atoms with E-state index < -0.39 is 54.0 Å². The van der Waals surface area contributed by atoms with Crippen LogP contribution in [0, 0.1) is 17.8 Å². The van der Waals surface area contributed by atoms with Crippen LogP contribution in [0.1, 0.15) is 66.9 Å². The highest BCUT2D eigenvalue weighted by Crippen LogP contribution is 2.38. The molecule has 0 bridgehead atoms. The van der Waals surface area contributed by atoms with E-state index in [9.17, 15) is 19.8 Å². The van der Waals surface area contributed by atoms with Gasteiger partial charge in [0.25, 0.3) is 6.02 Å². The molecule has 2 amide bonds. The van der Waals surface area contributed by atoms with E-state index in [0.717, 1.165) is 16.5 Å². The number of nitrogens with zero attached hydrogens (tertiary/aromatic N) is 3. The number of H-pyrrole nitrogens is 1. The molecule has 4 heterocycles. The summed E-state index contributed by atoms with van der Waals surface area (Å²) < 4.78 is 19.3. The lowest BCUT2D eigenvalue weighted by Crippen LogP contribution is -2.57. The first-order valence-corrected chi connectivity index (χ1v) is 17.4. The molecule has 12 heteroatoms. The van der Waals surface area contributed by atoms with Crippen LogP contribution < -0.4 is 5.32 Å². The zero-order valence-corrected chi connectivity index (χ0v) is 29.8. The number of carbonyl (C=O) groups excluding carboxylic acids is 2. The largest absolute Gasteiger partial charge is 0.454 e. The van der Waals surface area contributed by atoms with Gasteiger partial charge in [0, 0.05) is 56.1 Å². The lowest BCUT2D eigenvalue weighted by atomic mass is 9.78. The molecular weight excluding hydrogens is 614 g/mol. The second-order valence-electron chi connectivity index (χ2n) is 15.0. The number of aliphatic hydroxyl groups excluding tert-OH is 1. The smallest absolute Gasteiger partial charge is 0.288 e. The summed E-state index contributed by atoms with van der Waals surface area (Å²) in [5.41, 5.74) is 0.398. The normalized spacial score (nSPS) is 38.0. The number of ether oxygens (including phenoxy) is 3. The number of amidine groups is 1. The molecule has 1 aromatic carbocycles. The number of para-hydroxylation sites is 1. The van der Waals surface area contributed by atoms with Gasteiger partial charge >= 0.3 is 0 Å². The Morgan fingerprint density at radius 1 is 1.15 bits per heavy atom. The maximum atomic E-state index is 13.9. The summed E-state index contributed by atoms with van der Waals surface area (Å²) in [6, 6.07) is 7.50. The molecule has 0 spiro atoms. The summed E-state index contributed by atoms with van der Waals surface area (Å²) in [7, 11) is 3.67. The third kappa shape index (κ3) is 7.51. The quantitative estimate of drug-likeness (QED) is 0.380. The third-order valence-electron chi connectivity index (χ3n) is 10.3. The highest BCUT2D eigenvalue weighted by Gasteiger charge is 2.52. The molecule has 3 fully saturated rings. The standard InChI is InChI=1S/C36H55N5O7/c1-19(2)38-35-41(9)28-14-21(4)46-34(30(28)47-35)48-31-22(5)29(42)23(6)32(43)39-27(15-24-17-37-26-13-11-10-12-25(24)26)33(44)40(8)18-20(3)16-36(31,7)45/h10-13,17,19-23,27-31,34,37,42,45H,14-16,18H2,1-9H3,(H,39,43)/t20-,21-,22+,23-,27+,28+,29+,30-,31-,34?,36-/m1/s1. The molecule has 1 aromatic heterocycles. The summed E-state index contributed by atoms with van der Waals surface area (Å²) in [6.45, 7) is 13.4. The number of hydrogen-bond acceptors (Lipinski definition) is 8. The van der Waals surface area contributed by atoms with E-state index in [2.05, 4.69) is 15.3 Å². The lowest BCUT2D eigenvalue weighted by molar-refractivity contribution is -0.288. The first kappa shape index (κ1) is 36.1. The Morgan fingerprint density at radius 3 is 2.56 bits per heavy atom. The van der Waals surface area contributed by atoms with Crippen LogP contribution in [0.25, 0.3) is 10.9 Å². The molecular formula is C36H55N5O7. The van der Waals surface area contributed by atoms with Crippen molar-refractivity contribution in [3.63, 3.8) is 0 Å². The van der Waals surface area contributed by atoms with Gasteiger partial charge in [-0.05, 0) is 58.1 Å². The number of aromatic amines is 1. The van der Waals surface area contributed by atoms with Crippen molar-refractivity contribution in [2.24, 2.45) is 22.7 Å². The van der Waals surface area contributed by atoms with Crippen molar-refractivity contribution in [2.75, 3.05) is 20.6 Å². The lowest BCUT2D eigenvalue weighted by Gasteiger charge is -2.45. The van der Waals surface area contributed by atoms with E-state index in [1.54, 1.807) is 32.7 Å². The fraction of sp³-hybridized carbons (Fsp3) is 0.694. The van der Waals surface area contributed by atoms with E-state index >= 15 is 0 Å². The maximum absolute atomic E-state index is 13.9. The predicted molar refractivity (Wildman–Crippen MR) is 183 cm³/mol. The van der Waals surface area contributed by atoms with Gasteiger partial charge < -0.3 is 44.5 Å². The van der Waals surface area contributed by atoms with E-state index in [-0.39, 0.29) is 42.9 Å². The Kier molecular flexibility index (Phi) is 10.8. The molecule has 0 radical (unpaired) electrons. The Balaban J connectivity index is 1.43. The van der Waals surface area contributed by atoms with Crippen molar-refractivity contribution in [1.82, 2.24) is 20.1 Å². The maximum Gasteiger partial charge on any atom is 0.288 e. The SMILES string of the molecule is CC(C)N=C1O[C@H]2C(O[C@@H]3[C@@H](C)[C@H](O)[C@@H](C)C(=O)N[C@@H](Cc4c[nH]c5ccccc45)C(=O)N(C)C[C@H](C)C[C@@]3(C)O)O[C@H](C)C[C@@H]2N1C. The zero-order valence-electron chi connectivity index (χ0n) is 29.8. The van der Waals surface area contributed by atoms with Crippen LogP contribution >= 0.6 is 0 Å². The Labute approximate surface area is 284 Å². The minimum Gasteiger partial charge on any atom is -0.454 e. The van der Waals surface area contributed by atoms with Crippen molar-refractivity contribution in [2.45, 2.75) is 122 Å². The van der Waals surface area contributed by atoms with Gasteiger partial charge in [-0.15, -0.1) is 0 Å². The van der Waals surface area contributed by atoms with Gasteiger partial charge in [-0.2, -0.15) is 0 Å². The van der Waals surface area contributed by atoms with Crippen molar-refractivity contribution in [3.05, 3.63) is 36.0 Å². The van der Waals surface area contributed by atoms with Crippen LogP contribution in [0.15, 0.2) is 35.5 Å². The van der Waals surface area contributed by atoms with E-state index in [0.29, 0.717) is 19.0 Å². The van der Waals surface area contributed by atoms with Crippen LogP contribution in [0.3, 0.4) is 0 Å². The average molecular weight is 670 g/mol. The first-order valence-electron chi connectivity index (χ1n) is 17.4. The number of amides is 2. The number of aromatic nitrogens is 1. The summed E-state index contributed by atoms with van der Waals surface area (Å²) in [5, 5.41) is 27.8. The van der Waals surface area contributed by atoms with Crippen LogP contribution in [0.2, 0.25) is 0 Å². The van der Waals surface area contributed by atoms with E-state index in [4.69, 9.17) is 14.2 Å². The van der Waals surface area contributed by atoms with Crippen molar-refractivity contribution >= 4 is 28.7 Å². The fourth-order valence-electron chi connectivity index (χ4n) is 7.83. The zero-order chi connectivity index (χ0) is 35.1. The molecule has 1 unspecified atom stereocenters. The van der Waals surface area contributed by atoms with Crippen LogP contribution in [0.5, 0.6) is 0 Å². The molecule has 48 heavy (non-hydrogen) atoms. The van der Waals surface area contributed by atoms with Crippen LogP contribution in [0.4, 0.5) is 0 Å². The summed E-state index contributed by atoms with van der Waals surface area (Å²) >= 11 is 0. The molecule has 266 valence electrons. The third-order valence-corrected chi connectivity index (χ3v) is 10.3. The minimum atomic E-state index is -1.46. The average Bonchev–Trinajstić information content (AvgIpc) is 3.56. The Morgan fingerprint density at radius 2 is 1.85 bits per heavy atom. The number of aliphatic imine (C=N–C) groups is 1. The predicted octanol–water partition coefficient (Wildman–Crippen LogP) is 3.06.